The average molecular weight is 725 g/mol. The van der Waals surface area contributed by atoms with Crippen molar-refractivity contribution < 1.29 is 33.0 Å². The second-order valence-electron chi connectivity index (χ2n) is 13.6. The predicted octanol–water partition coefficient (Wildman–Crippen LogP) is 6.55. The Kier molecular flexibility index (Phi) is 11.0. The number of β-amino-alcohol motifs (C(OH)–C–C–N with tert-alkyl or cyclic N) is 1. The van der Waals surface area contributed by atoms with Crippen molar-refractivity contribution in [3.63, 3.8) is 0 Å². The van der Waals surface area contributed by atoms with Crippen LogP contribution in [0.2, 0.25) is 0 Å². The van der Waals surface area contributed by atoms with Crippen LogP contribution in [0.15, 0.2) is 60.9 Å². The van der Waals surface area contributed by atoms with Crippen LogP contribution in [-0.2, 0) is 24.1 Å². The molecule has 2 atom stereocenters. The summed E-state index contributed by atoms with van der Waals surface area (Å²) in [4.78, 5) is 37.2. The maximum Gasteiger partial charge on any atom is 0.416 e. The predicted molar refractivity (Wildman–Crippen MR) is 193 cm³/mol. The quantitative estimate of drug-likeness (QED) is 0.166. The number of nitrogens with one attached hydrogen (secondary N) is 1. The van der Waals surface area contributed by atoms with Crippen molar-refractivity contribution in [2.24, 2.45) is 5.92 Å². The third-order valence-electron chi connectivity index (χ3n) is 9.93. The van der Waals surface area contributed by atoms with Crippen LogP contribution in [0.3, 0.4) is 0 Å². The largest absolute Gasteiger partial charge is 0.481 e. The number of alkyl halides is 3. The number of pyridine rings is 2. The van der Waals surface area contributed by atoms with E-state index in [1.165, 1.54) is 24.4 Å². The number of halogens is 3. The molecule has 0 unspecified atom stereocenters. The molecule has 4 heterocycles. The van der Waals surface area contributed by atoms with E-state index in [0.717, 1.165) is 24.6 Å². The van der Waals surface area contributed by atoms with E-state index in [1.807, 2.05) is 11.0 Å². The zero-order valence-electron chi connectivity index (χ0n) is 29.3. The summed E-state index contributed by atoms with van der Waals surface area (Å²) in [7, 11) is 0. The molecule has 53 heavy (non-hydrogen) atoms. The topological polar surface area (TPSA) is 143 Å². The molecule has 0 aliphatic carbocycles. The number of aliphatic hydroxyl groups excluding tert-OH is 1. The molecule has 2 aliphatic heterocycles. The Bertz CT molecular complexity index is 2090. The summed E-state index contributed by atoms with van der Waals surface area (Å²) in [5, 5.41) is 32.3. The van der Waals surface area contributed by atoms with E-state index >= 15 is 0 Å². The third kappa shape index (κ3) is 8.63. The number of hydrogen-bond acceptors (Lipinski definition) is 8. The number of carbonyl (C=O) groups is 2. The van der Waals surface area contributed by atoms with Gasteiger partial charge in [-0.15, -0.1) is 0 Å². The molecule has 0 bridgehead atoms. The summed E-state index contributed by atoms with van der Waals surface area (Å²) in [6.07, 6.45) is 2.02. The molecule has 2 saturated heterocycles. The highest BCUT2D eigenvalue weighted by Crippen LogP contribution is 2.37. The Morgan fingerprint density at radius 3 is 2.43 bits per heavy atom. The standard InChI is InChI=1S/C40H39F3N6O4/c1-24-16-27(34(40(41,42)43)17-29(24)22-49-14-11-28(21-49)39(52)53)7-9-36-33(18-44)32(10-13-45-36)31-4-3-5-35(25(31)2)47-38(51)37-8-6-26(19-46-37)20-48-15-12-30(50)23-48/h3-10,13,16-17,19,28,30,50H,11-12,14-15,20-23H2,1-2H3,(H,47,51)(H,52,53)/b9-7+/t28-,30-/m1/s1. The normalized spacial score (nSPS) is 18.1. The second kappa shape index (κ2) is 15.7. The highest BCUT2D eigenvalue weighted by atomic mass is 19.4. The number of carboxylic acid groups (broad SMARTS) is 1. The minimum absolute atomic E-state index is 0.0861. The highest BCUT2D eigenvalue weighted by molar-refractivity contribution is 6.04. The summed E-state index contributed by atoms with van der Waals surface area (Å²) in [6, 6.07) is 15.1. The lowest BCUT2D eigenvalue weighted by atomic mass is 9.94. The first-order valence-electron chi connectivity index (χ1n) is 17.3. The van der Waals surface area contributed by atoms with Crippen molar-refractivity contribution in [3.05, 3.63) is 111 Å². The number of aliphatic hydroxyl groups is 1. The SMILES string of the molecule is Cc1cc(/C=C/c2nccc(-c3cccc(NC(=O)c4ccc(CN5CC[C@@H](O)C5)cn4)c3C)c2C#N)c(C(F)(F)F)cc1CN1CC[C@@H](C(=O)O)C1. The highest BCUT2D eigenvalue weighted by Gasteiger charge is 2.34. The molecule has 13 heteroatoms. The summed E-state index contributed by atoms with van der Waals surface area (Å²) in [5.41, 5.74) is 3.95. The Morgan fingerprint density at radius 1 is 1.00 bits per heavy atom. The first kappa shape index (κ1) is 37.3. The monoisotopic (exact) mass is 724 g/mol. The minimum atomic E-state index is -4.66. The van der Waals surface area contributed by atoms with Crippen LogP contribution in [0.5, 0.6) is 0 Å². The number of amides is 1. The van der Waals surface area contributed by atoms with Gasteiger partial charge in [0, 0.05) is 56.4 Å². The fraction of sp³-hybridized carbons (Fsp3) is 0.325. The number of hydrogen-bond donors (Lipinski definition) is 3. The van der Waals surface area contributed by atoms with E-state index in [1.54, 1.807) is 50.4 Å². The van der Waals surface area contributed by atoms with Gasteiger partial charge >= 0.3 is 12.1 Å². The molecule has 4 aromatic rings. The van der Waals surface area contributed by atoms with Crippen molar-refractivity contribution in [1.82, 2.24) is 19.8 Å². The van der Waals surface area contributed by atoms with Gasteiger partial charge in [-0.2, -0.15) is 18.4 Å². The third-order valence-corrected chi connectivity index (χ3v) is 9.93. The summed E-state index contributed by atoms with van der Waals surface area (Å²) >= 11 is 0. The van der Waals surface area contributed by atoms with Gasteiger partial charge in [0.25, 0.3) is 5.91 Å². The number of nitriles is 1. The zero-order valence-corrected chi connectivity index (χ0v) is 29.3. The molecule has 0 saturated carbocycles. The number of aromatic nitrogens is 2. The number of carbonyl (C=O) groups excluding carboxylic acids is 1. The van der Waals surface area contributed by atoms with Crippen LogP contribution < -0.4 is 5.32 Å². The van der Waals surface area contributed by atoms with Gasteiger partial charge in [0.1, 0.15) is 11.8 Å². The maximum atomic E-state index is 14.3. The van der Waals surface area contributed by atoms with Crippen molar-refractivity contribution in [1.29, 1.82) is 5.26 Å². The Hall–Kier alpha value is -5.42. The fourth-order valence-corrected chi connectivity index (χ4v) is 6.98. The lowest BCUT2D eigenvalue weighted by molar-refractivity contribution is -0.141. The molecule has 2 aromatic carbocycles. The number of aliphatic carboxylic acids is 1. The second-order valence-corrected chi connectivity index (χ2v) is 13.6. The smallest absolute Gasteiger partial charge is 0.416 e. The van der Waals surface area contributed by atoms with Gasteiger partial charge in [-0.25, -0.2) is 0 Å². The maximum absolute atomic E-state index is 14.3. The van der Waals surface area contributed by atoms with Crippen molar-refractivity contribution >= 4 is 29.7 Å². The molecule has 2 aromatic heterocycles. The molecule has 3 N–H and O–H groups in total. The van der Waals surface area contributed by atoms with Crippen molar-refractivity contribution in [2.45, 2.75) is 52.1 Å². The minimum Gasteiger partial charge on any atom is -0.481 e. The summed E-state index contributed by atoms with van der Waals surface area (Å²) < 4.78 is 43.0. The molecular weight excluding hydrogens is 685 g/mol. The van der Waals surface area contributed by atoms with Crippen LogP contribution in [0.1, 0.15) is 68.0 Å². The van der Waals surface area contributed by atoms with E-state index in [0.29, 0.717) is 59.6 Å². The van der Waals surface area contributed by atoms with Gasteiger partial charge in [0.2, 0.25) is 0 Å². The first-order valence-corrected chi connectivity index (χ1v) is 17.3. The number of rotatable bonds is 10. The van der Waals surface area contributed by atoms with Gasteiger partial charge in [-0.05, 0) is 97.0 Å². The molecule has 0 radical (unpaired) electrons. The molecule has 2 fully saturated rings. The molecule has 274 valence electrons. The van der Waals surface area contributed by atoms with Crippen LogP contribution in [0.25, 0.3) is 23.3 Å². The number of carboxylic acids is 1. The van der Waals surface area contributed by atoms with Crippen LogP contribution in [0.4, 0.5) is 18.9 Å². The van der Waals surface area contributed by atoms with E-state index in [4.69, 9.17) is 0 Å². The van der Waals surface area contributed by atoms with Gasteiger partial charge in [-0.3, -0.25) is 29.4 Å². The molecule has 1 amide bonds. The Morgan fingerprint density at radius 2 is 1.77 bits per heavy atom. The van der Waals surface area contributed by atoms with Gasteiger partial charge in [0.05, 0.1) is 28.8 Å². The van der Waals surface area contributed by atoms with Gasteiger partial charge in [-0.1, -0.05) is 30.3 Å². The molecule has 6 rings (SSSR count). The lowest BCUT2D eigenvalue weighted by Gasteiger charge is -2.20. The van der Waals surface area contributed by atoms with E-state index in [2.05, 4.69) is 26.3 Å². The average Bonchev–Trinajstić information content (AvgIpc) is 3.77. The number of likely N-dealkylation sites (tertiary alicyclic amines) is 2. The van der Waals surface area contributed by atoms with Crippen LogP contribution in [0, 0.1) is 31.1 Å². The van der Waals surface area contributed by atoms with Gasteiger partial charge in [0.15, 0.2) is 0 Å². The summed E-state index contributed by atoms with van der Waals surface area (Å²) in [6.45, 7) is 6.53. The molecule has 10 nitrogen and oxygen atoms in total. The fourth-order valence-electron chi connectivity index (χ4n) is 6.98. The first-order chi connectivity index (χ1) is 25.3. The Labute approximate surface area is 305 Å². The number of nitrogens with zero attached hydrogens (tertiary/aromatic N) is 5. The van der Waals surface area contributed by atoms with Crippen molar-refractivity contribution in [3.8, 4) is 17.2 Å². The van der Waals surface area contributed by atoms with E-state index < -0.39 is 29.5 Å². The number of benzene rings is 2. The number of anilines is 1. The van der Waals surface area contributed by atoms with E-state index in [-0.39, 0.29) is 41.7 Å². The summed E-state index contributed by atoms with van der Waals surface area (Å²) in [5.74, 6) is -1.86. The molecule has 0 spiro atoms. The molecule has 2 aliphatic rings. The lowest BCUT2D eigenvalue weighted by Crippen LogP contribution is -2.23. The Balaban J connectivity index is 1.22. The molecular formula is C40H39F3N6O4. The van der Waals surface area contributed by atoms with Crippen LogP contribution >= 0.6 is 0 Å². The van der Waals surface area contributed by atoms with Crippen molar-refractivity contribution in [2.75, 3.05) is 31.5 Å². The number of aryl methyl sites for hydroxylation is 1. The van der Waals surface area contributed by atoms with E-state index in [9.17, 15) is 38.2 Å². The zero-order chi connectivity index (χ0) is 37.9. The van der Waals surface area contributed by atoms with Crippen LogP contribution in [-0.4, -0.2) is 74.1 Å². The van der Waals surface area contributed by atoms with Gasteiger partial charge < -0.3 is 15.5 Å².